The van der Waals surface area contributed by atoms with Gasteiger partial charge in [-0.25, -0.2) is 14.1 Å². The Hall–Kier alpha value is -2.82. The number of nitrogen functional groups attached to an aromatic ring is 1. The molecule has 0 saturated carbocycles. The van der Waals surface area contributed by atoms with E-state index >= 15 is 0 Å². The lowest BCUT2D eigenvalue weighted by molar-refractivity contribution is -0.161. The third kappa shape index (κ3) is 4.84. The van der Waals surface area contributed by atoms with E-state index in [1.807, 2.05) is 0 Å². The van der Waals surface area contributed by atoms with Crippen LogP contribution in [0.3, 0.4) is 0 Å². The van der Waals surface area contributed by atoms with Gasteiger partial charge in [0.25, 0.3) is 11.8 Å². The lowest BCUT2D eigenvalue weighted by Gasteiger charge is -2.44. The summed E-state index contributed by atoms with van der Waals surface area (Å²) in [5, 5.41) is 19.1. The molecule has 2 heterocycles. The number of β-lactam (4-membered cyclic amide) rings is 1. The van der Waals surface area contributed by atoms with Gasteiger partial charge in [0.15, 0.2) is 10.8 Å². The monoisotopic (exact) mass is 464 g/mol. The zero-order chi connectivity index (χ0) is 22.9. The fraction of sp³-hybridized carbons (Fsp3) is 0.500. The van der Waals surface area contributed by atoms with Crippen LogP contribution in [0.25, 0.3) is 0 Å². The van der Waals surface area contributed by atoms with Crippen molar-refractivity contribution >= 4 is 50.3 Å². The summed E-state index contributed by atoms with van der Waals surface area (Å²) in [6.07, 6.45) is 0. The van der Waals surface area contributed by atoms with Gasteiger partial charge in [-0.1, -0.05) is 5.16 Å². The van der Waals surface area contributed by atoms with Gasteiger partial charge in [-0.15, -0.1) is 11.3 Å². The van der Waals surface area contributed by atoms with Crippen molar-refractivity contribution in [1.29, 1.82) is 0 Å². The van der Waals surface area contributed by atoms with Gasteiger partial charge in [-0.2, -0.15) is 8.42 Å². The minimum Gasteiger partial charge on any atom is -0.478 e. The zero-order valence-electron chi connectivity index (χ0n) is 16.0. The van der Waals surface area contributed by atoms with Crippen LogP contribution in [0.4, 0.5) is 5.13 Å². The van der Waals surface area contributed by atoms with Crippen molar-refractivity contribution in [2.45, 2.75) is 31.5 Å². The number of amides is 2. The summed E-state index contributed by atoms with van der Waals surface area (Å²) in [5.74, 6) is -3.40. The number of aromatic nitrogens is 1. The summed E-state index contributed by atoms with van der Waals surface area (Å²) in [6, 6.07) is -2.40. The average Bonchev–Trinajstić information content (AvgIpc) is 3.04. The van der Waals surface area contributed by atoms with Crippen LogP contribution in [-0.4, -0.2) is 82.1 Å². The highest BCUT2D eigenvalue weighted by Gasteiger charge is 2.53. The SMILES string of the molecule is CNCC1C(NC(=O)/C(=N\OC(C)(C)C(=O)O)c2csc(N)n2)C(=O)N1S(=O)(=O)O. The summed E-state index contributed by atoms with van der Waals surface area (Å²) >= 11 is 0.978. The first-order chi connectivity index (χ1) is 13.8. The molecule has 0 aliphatic carbocycles. The summed E-state index contributed by atoms with van der Waals surface area (Å²) in [4.78, 5) is 45.0. The topological polar surface area (TPSA) is 214 Å². The molecule has 1 aromatic rings. The van der Waals surface area contributed by atoms with Crippen LogP contribution in [0.1, 0.15) is 19.5 Å². The number of carboxylic acid groups (broad SMARTS) is 1. The Balaban J connectivity index is 2.30. The molecule has 16 heteroatoms. The van der Waals surface area contributed by atoms with E-state index in [-0.39, 0.29) is 21.7 Å². The van der Waals surface area contributed by atoms with Gasteiger partial charge in [0.2, 0.25) is 5.60 Å². The Kier molecular flexibility index (Phi) is 6.65. The summed E-state index contributed by atoms with van der Waals surface area (Å²) in [6.45, 7) is 2.34. The quantitative estimate of drug-likeness (QED) is 0.117. The molecule has 0 radical (unpaired) electrons. The second kappa shape index (κ2) is 8.50. The predicted molar refractivity (Wildman–Crippen MR) is 104 cm³/mol. The highest BCUT2D eigenvalue weighted by atomic mass is 32.2. The van der Waals surface area contributed by atoms with Gasteiger partial charge in [-0.3, -0.25) is 14.1 Å². The van der Waals surface area contributed by atoms with Crippen molar-refractivity contribution < 1.29 is 37.3 Å². The maximum absolute atomic E-state index is 12.7. The lowest BCUT2D eigenvalue weighted by atomic mass is 9.98. The van der Waals surface area contributed by atoms with Crippen molar-refractivity contribution in [3.63, 3.8) is 0 Å². The molecule has 14 nitrogen and oxygen atoms in total. The minimum atomic E-state index is -4.82. The molecule has 1 aromatic heterocycles. The van der Waals surface area contributed by atoms with Crippen LogP contribution < -0.4 is 16.4 Å². The number of rotatable bonds is 9. The largest absolute Gasteiger partial charge is 0.478 e. The highest BCUT2D eigenvalue weighted by Crippen LogP contribution is 2.23. The number of thiazole rings is 1. The van der Waals surface area contributed by atoms with Crippen molar-refractivity contribution in [3.05, 3.63) is 11.1 Å². The van der Waals surface area contributed by atoms with Crippen LogP contribution in [0, 0.1) is 0 Å². The number of oxime groups is 1. The number of likely N-dealkylation sites (N-methyl/N-ethyl adjacent to an activating group) is 1. The van der Waals surface area contributed by atoms with Crippen molar-refractivity contribution in [2.75, 3.05) is 19.3 Å². The van der Waals surface area contributed by atoms with Crippen LogP contribution in [0.5, 0.6) is 0 Å². The maximum atomic E-state index is 12.7. The van der Waals surface area contributed by atoms with E-state index in [0.29, 0.717) is 0 Å². The molecule has 6 N–H and O–H groups in total. The van der Waals surface area contributed by atoms with E-state index in [4.69, 9.17) is 15.7 Å². The number of carbonyl (C=O) groups is 3. The molecule has 1 saturated heterocycles. The molecule has 1 aliphatic rings. The van der Waals surface area contributed by atoms with Gasteiger partial charge in [-0.05, 0) is 20.9 Å². The van der Waals surface area contributed by atoms with E-state index in [2.05, 4.69) is 20.8 Å². The molecule has 0 spiro atoms. The van der Waals surface area contributed by atoms with E-state index in [1.54, 1.807) is 0 Å². The fourth-order valence-corrected chi connectivity index (χ4v) is 3.81. The van der Waals surface area contributed by atoms with Gasteiger partial charge in [0, 0.05) is 11.9 Å². The Morgan fingerprint density at radius 1 is 1.47 bits per heavy atom. The molecule has 30 heavy (non-hydrogen) atoms. The zero-order valence-corrected chi connectivity index (χ0v) is 17.7. The van der Waals surface area contributed by atoms with E-state index < -0.39 is 51.5 Å². The minimum absolute atomic E-state index is 0.0419. The van der Waals surface area contributed by atoms with E-state index in [0.717, 1.165) is 11.3 Å². The first-order valence-electron chi connectivity index (χ1n) is 8.26. The Morgan fingerprint density at radius 3 is 2.57 bits per heavy atom. The van der Waals surface area contributed by atoms with E-state index in [9.17, 15) is 27.4 Å². The summed E-state index contributed by atoms with van der Waals surface area (Å²) in [5.41, 5.74) is 3.26. The molecule has 166 valence electrons. The van der Waals surface area contributed by atoms with Crippen LogP contribution in [0.2, 0.25) is 0 Å². The highest BCUT2D eigenvalue weighted by molar-refractivity contribution is 7.84. The first-order valence-corrected chi connectivity index (χ1v) is 10.5. The standard InChI is InChI=1S/C14H20N6O8S2/c1-14(2,12(23)24)28-19-8(6-5-29-13(15)17-6)10(21)18-9-7(4-16-3)20(11(9)22)30(25,26)27/h5,7,9,16H,4H2,1-3H3,(H2,15,17)(H,18,21)(H,23,24)(H,25,26,27)/b19-8-. The number of nitrogens with zero attached hydrogens (tertiary/aromatic N) is 3. The molecule has 0 aromatic carbocycles. The fourth-order valence-electron chi connectivity index (χ4n) is 2.38. The predicted octanol–water partition coefficient (Wildman–Crippen LogP) is -1.97. The molecule has 2 amide bonds. The number of anilines is 1. The van der Waals surface area contributed by atoms with Gasteiger partial charge in [0.05, 0.1) is 6.04 Å². The van der Waals surface area contributed by atoms with Crippen molar-refractivity contribution in [3.8, 4) is 0 Å². The molecule has 2 atom stereocenters. The number of nitrogens with one attached hydrogen (secondary N) is 2. The molecular formula is C14H20N6O8S2. The maximum Gasteiger partial charge on any atom is 0.362 e. The number of hydrogen-bond donors (Lipinski definition) is 5. The second-order valence-corrected chi connectivity index (χ2v) is 8.78. The van der Waals surface area contributed by atoms with Gasteiger partial charge < -0.3 is 26.3 Å². The number of carbonyl (C=O) groups excluding carboxylic acids is 2. The van der Waals surface area contributed by atoms with Crippen LogP contribution in [0.15, 0.2) is 10.5 Å². The number of carboxylic acids is 1. The molecular weight excluding hydrogens is 444 g/mol. The third-order valence-corrected chi connectivity index (χ3v) is 5.60. The Bertz CT molecular complexity index is 988. The molecule has 2 unspecified atom stereocenters. The molecule has 1 aliphatic heterocycles. The lowest BCUT2D eigenvalue weighted by Crippen LogP contribution is -2.74. The first kappa shape index (κ1) is 23.5. The number of nitrogens with two attached hydrogens (primary N) is 1. The Morgan fingerprint density at radius 2 is 2.10 bits per heavy atom. The normalized spacial score (nSPS) is 19.9. The van der Waals surface area contributed by atoms with Crippen LogP contribution >= 0.6 is 11.3 Å². The summed E-state index contributed by atoms with van der Waals surface area (Å²) in [7, 11) is -3.34. The molecule has 2 rings (SSSR count). The van der Waals surface area contributed by atoms with Gasteiger partial charge >= 0.3 is 16.3 Å². The van der Waals surface area contributed by atoms with Crippen LogP contribution in [-0.2, 0) is 29.5 Å². The summed E-state index contributed by atoms with van der Waals surface area (Å²) < 4.78 is 32.2. The number of hydrogen-bond acceptors (Lipinski definition) is 11. The average molecular weight is 464 g/mol. The van der Waals surface area contributed by atoms with Crippen molar-refractivity contribution in [1.82, 2.24) is 19.9 Å². The number of aliphatic carboxylic acids is 1. The second-order valence-electron chi connectivity index (χ2n) is 6.61. The van der Waals surface area contributed by atoms with Gasteiger partial charge in [0.1, 0.15) is 11.7 Å². The van der Waals surface area contributed by atoms with E-state index in [1.165, 1.54) is 26.3 Å². The van der Waals surface area contributed by atoms with Crippen molar-refractivity contribution in [2.24, 2.45) is 5.16 Å². The molecule has 1 fully saturated rings. The Labute approximate surface area is 175 Å². The molecule has 0 bridgehead atoms. The third-order valence-electron chi connectivity index (χ3n) is 3.98. The smallest absolute Gasteiger partial charge is 0.362 e.